The average Bonchev–Trinajstić information content (AvgIpc) is 3.44. The number of anilines is 1. The smallest absolute Gasteiger partial charge is 0.261 e. The maximum atomic E-state index is 13.7. The van der Waals surface area contributed by atoms with E-state index in [1.807, 2.05) is 60.7 Å². The lowest BCUT2D eigenvalue weighted by Crippen LogP contribution is -2.40. The van der Waals surface area contributed by atoms with E-state index in [1.54, 1.807) is 18.3 Å². The second-order valence-electron chi connectivity index (χ2n) is 8.82. The van der Waals surface area contributed by atoms with E-state index >= 15 is 0 Å². The van der Waals surface area contributed by atoms with Gasteiger partial charge in [-0.1, -0.05) is 77.8 Å². The first-order valence-electron chi connectivity index (χ1n) is 11.0. The lowest BCUT2D eigenvalue weighted by atomic mass is 9.79. The van der Waals surface area contributed by atoms with Crippen molar-refractivity contribution in [3.05, 3.63) is 99.5 Å². The van der Waals surface area contributed by atoms with E-state index in [0.29, 0.717) is 28.6 Å². The Balaban J connectivity index is 1.43. The number of benzene rings is 3. The van der Waals surface area contributed by atoms with Gasteiger partial charge in [-0.25, -0.2) is 5.01 Å². The summed E-state index contributed by atoms with van der Waals surface area (Å²) in [7, 11) is 0. The molecule has 1 N–H and O–H groups in total. The Hall–Kier alpha value is -3.19. The van der Waals surface area contributed by atoms with Crippen LogP contribution in [-0.4, -0.2) is 40.5 Å². The van der Waals surface area contributed by atoms with Crippen molar-refractivity contribution in [2.45, 2.75) is 24.0 Å². The predicted molar refractivity (Wildman–Crippen MR) is 132 cm³/mol. The van der Waals surface area contributed by atoms with E-state index < -0.39 is 17.6 Å². The largest absolute Gasteiger partial charge is 0.325 e. The molecule has 0 bridgehead atoms. The molecule has 6 nitrogen and oxygen atoms in total. The summed E-state index contributed by atoms with van der Waals surface area (Å²) in [6.07, 6.45) is 1.44. The molecular weight excluding hydrogens is 471 g/mol. The van der Waals surface area contributed by atoms with Gasteiger partial charge in [-0.15, -0.1) is 0 Å². The lowest BCUT2D eigenvalue weighted by Gasteiger charge is -2.30. The standard InChI is InChI=1S/C26H20Cl2N4O2/c27-19-10-4-1-7-16(19)14-29-32-23(17-8-2-5-11-20(17)28)31-15-26(13-22(31)24(32)33)18-9-3-6-12-21(18)30-25(26)34/h1-12,14,22-23H,13,15H2,(H,30,34)/b29-14+/t22-,23+,26+/m0/s1. The SMILES string of the molecule is O=C1[C@@H]2C[C@]3(CN2[C@@H](c2ccccc2Cl)N1/N=C/c1ccccc1Cl)C(=O)Nc1ccccc13. The molecule has 8 heteroatoms. The number of amides is 2. The van der Waals surface area contributed by atoms with E-state index in [1.165, 1.54) is 5.01 Å². The fourth-order valence-corrected chi connectivity index (χ4v) is 5.80. The zero-order valence-corrected chi connectivity index (χ0v) is 19.5. The van der Waals surface area contributed by atoms with Gasteiger partial charge in [0.1, 0.15) is 6.17 Å². The van der Waals surface area contributed by atoms with Crippen molar-refractivity contribution in [1.29, 1.82) is 0 Å². The van der Waals surface area contributed by atoms with E-state index in [9.17, 15) is 9.59 Å². The fourth-order valence-electron chi connectivity index (χ4n) is 5.39. The van der Waals surface area contributed by atoms with E-state index in [0.717, 1.165) is 16.8 Å². The van der Waals surface area contributed by atoms with Crippen LogP contribution >= 0.6 is 23.2 Å². The fraction of sp³-hybridized carbons (Fsp3) is 0.192. The van der Waals surface area contributed by atoms with Gasteiger partial charge in [-0.3, -0.25) is 14.5 Å². The summed E-state index contributed by atoms with van der Waals surface area (Å²) in [5.41, 5.74) is 2.44. The third-order valence-corrected chi connectivity index (χ3v) is 7.68. The van der Waals surface area contributed by atoms with E-state index in [4.69, 9.17) is 23.2 Å². The molecule has 2 amide bonds. The molecule has 0 saturated carbocycles. The van der Waals surface area contributed by atoms with Crippen LogP contribution < -0.4 is 5.32 Å². The average molecular weight is 491 g/mol. The molecule has 0 aliphatic carbocycles. The molecule has 0 radical (unpaired) electrons. The first-order valence-corrected chi connectivity index (χ1v) is 11.8. The molecule has 3 aromatic rings. The van der Waals surface area contributed by atoms with Crippen molar-refractivity contribution in [3.8, 4) is 0 Å². The second-order valence-corrected chi connectivity index (χ2v) is 9.63. The zero-order valence-electron chi connectivity index (χ0n) is 18.0. The molecule has 3 aliphatic rings. The molecular formula is C26H20Cl2N4O2. The highest BCUT2D eigenvalue weighted by atomic mass is 35.5. The normalized spacial score (nSPS) is 25.9. The molecule has 34 heavy (non-hydrogen) atoms. The van der Waals surface area contributed by atoms with Crippen LogP contribution in [0.5, 0.6) is 0 Å². The molecule has 3 aliphatic heterocycles. The van der Waals surface area contributed by atoms with Crippen LogP contribution in [0.1, 0.15) is 29.3 Å². The Kier molecular flexibility index (Phi) is 4.99. The summed E-state index contributed by atoms with van der Waals surface area (Å²) in [6, 6.07) is 22.0. The van der Waals surface area contributed by atoms with Crippen LogP contribution in [0.2, 0.25) is 10.0 Å². The molecule has 2 saturated heterocycles. The minimum Gasteiger partial charge on any atom is -0.325 e. The quantitative estimate of drug-likeness (QED) is 0.534. The number of nitrogens with zero attached hydrogens (tertiary/aromatic N) is 3. The van der Waals surface area contributed by atoms with Gasteiger partial charge >= 0.3 is 0 Å². The van der Waals surface area contributed by atoms with Gasteiger partial charge in [0, 0.05) is 33.4 Å². The first kappa shape index (κ1) is 21.4. The number of carbonyl (C=O) groups is 2. The first-order chi connectivity index (χ1) is 16.5. The highest BCUT2D eigenvalue weighted by molar-refractivity contribution is 6.33. The topological polar surface area (TPSA) is 65.0 Å². The van der Waals surface area contributed by atoms with Crippen molar-refractivity contribution < 1.29 is 9.59 Å². The molecule has 3 atom stereocenters. The minimum atomic E-state index is -0.783. The number of carbonyl (C=O) groups excluding carboxylic acids is 2. The van der Waals surface area contributed by atoms with Gasteiger partial charge in [-0.05, 0) is 30.2 Å². The Morgan fingerprint density at radius 2 is 1.65 bits per heavy atom. The van der Waals surface area contributed by atoms with Crippen molar-refractivity contribution in [1.82, 2.24) is 9.91 Å². The Morgan fingerprint density at radius 1 is 0.941 bits per heavy atom. The number of fused-ring (bicyclic) bond motifs is 3. The van der Waals surface area contributed by atoms with Gasteiger partial charge in [0.2, 0.25) is 5.91 Å². The number of rotatable bonds is 3. The number of para-hydroxylation sites is 1. The third kappa shape index (κ3) is 3.10. The van der Waals surface area contributed by atoms with Crippen molar-refractivity contribution in [3.63, 3.8) is 0 Å². The second kappa shape index (κ2) is 7.94. The summed E-state index contributed by atoms with van der Waals surface area (Å²) in [6.45, 7) is 0.389. The summed E-state index contributed by atoms with van der Waals surface area (Å²) in [5.74, 6) is -0.234. The summed E-state index contributed by atoms with van der Waals surface area (Å²) < 4.78 is 0. The summed E-state index contributed by atoms with van der Waals surface area (Å²) in [5, 5.41) is 10.1. The number of nitrogens with one attached hydrogen (secondary N) is 1. The molecule has 0 aromatic heterocycles. The number of halogens is 2. The number of hydrogen-bond acceptors (Lipinski definition) is 4. The van der Waals surface area contributed by atoms with Crippen LogP contribution in [0, 0.1) is 0 Å². The van der Waals surface area contributed by atoms with Gasteiger partial charge in [0.25, 0.3) is 5.91 Å². The van der Waals surface area contributed by atoms with Crippen LogP contribution in [0.15, 0.2) is 77.9 Å². The molecule has 170 valence electrons. The Morgan fingerprint density at radius 3 is 2.44 bits per heavy atom. The highest BCUT2D eigenvalue weighted by Gasteiger charge is 2.62. The molecule has 3 heterocycles. The molecule has 3 aromatic carbocycles. The summed E-state index contributed by atoms with van der Waals surface area (Å²) in [4.78, 5) is 29.0. The number of hydrogen-bond donors (Lipinski definition) is 1. The van der Waals surface area contributed by atoms with E-state index in [-0.39, 0.29) is 11.8 Å². The van der Waals surface area contributed by atoms with Crippen molar-refractivity contribution in [2.75, 3.05) is 11.9 Å². The Bertz CT molecular complexity index is 1360. The molecule has 6 rings (SSSR count). The maximum Gasteiger partial charge on any atom is 0.261 e. The third-order valence-electron chi connectivity index (χ3n) is 6.99. The zero-order chi connectivity index (χ0) is 23.4. The number of hydrazone groups is 1. The van der Waals surface area contributed by atoms with E-state index in [2.05, 4.69) is 15.3 Å². The molecule has 2 fully saturated rings. The van der Waals surface area contributed by atoms with Crippen molar-refractivity contribution >= 4 is 46.9 Å². The van der Waals surface area contributed by atoms with Gasteiger partial charge in [0.05, 0.1) is 17.7 Å². The van der Waals surface area contributed by atoms with Crippen molar-refractivity contribution in [2.24, 2.45) is 5.10 Å². The maximum absolute atomic E-state index is 13.7. The van der Waals surface area contributed by atoms with Crippen LogP contribution in [-0.2, 0) is 15.0 Å². The van der Waals surface area contributed by atoms with Crippen LogP contribution in [0.25, 0.3) is 0 Å². The van der Waals surface area contributed by atoms with Gasteiger partial charge in [0.15, 0.2) is 0 Å². The minimum absolute atomic E-state index is 0.0695. The van der Waals surface area contributed by atoms with Gasteiger partial charge < -0.3 is 5.32 Å². The monoisotopic (exact) mass is 490 g/mol. The van der Waals surface area contributed by atoms with Crippen LogP contribution in [0.4, 0.5) is 5.69 Å². The lowest BCUT2D eigenvalue weighted by molar-refractivity contribution is -0.130. The molecule has 0 unspecified atom stereocenters. The van der Waals surface area contributed by atoms with Gasteiger partial charge in [-0.2, -0.15) is 5.10 Å². The van der Waals surface area contributed by atoms with Crippen LogP contribution in [0.3, 0.4) is 0 Å². The highest BCUT2D eigenvalue weighted by Crippen LogP contribution is 2.52. The summed E-state index contributed by atoms with van der Waals surface area (Å²) >= 11 is 12.9. The Labute approximate surface area is 206 Å². The molecule has 1 spiro atoms. The predicted octanol–water partition coefficient (Wildman–Crippen LogP) is 4.83.